The second kappa shape index (κ2) is 8.41. The lowest BCUT2D eigenvalue weighted by molar-refractivity contribution is -0.143. The first-order chi connectivity index (χ1) is 14.2. The zero-order chi connectivity index (χ0) is 22.1. The van der Waals surface area contributed by atoms with Gasteiger partial charge in [-0.1, -0.05) is 41.5 Å². The molecule has 1 fully saturated rings. The minimum absolute atomic E-state index is 0.227. The number of aryl methyl sites for hydroxylation is 2. The molecule has 0 aromatic heterocycles. The summed E-state index contributed by atoms with van der Waals surface area (Å²) >= 11 is 0. The average molecular weight is 429 g/mol. The van der Waals surface area contributed by atoms with E-state index in [2.05, 4.69) is 9.47 Å². The van der Waals surface area contributed by atoms with Crippen LogP contribution in [0.5, 0.6) is 0 Å². The number of esters is 2. The molecule has 7 nitrogen and oxygen atoms in total. The van der Waals surface area contributed by atoms with E-state index in [0.29, 0.717) is 17.7 Å². The van der Waals surface area contributed by atoms with Gasteiger partial charge >= 0.3 is 11.9 Å². The Morgan fingerprint density at radius 1 is 0.967 bits per heavy atom. The van der Waals surface area contributed by atoms with Gasteiger partial charge in [0.05, 0.1) is 25.2 Å². The van der Waals surface area contributed by atoms with Gasteiger partial charge in [-0.3, -0.25) is 0 Å². The standard InChI is InChI=1S/C22H23NO6S/c1-14-6-9-17(10-7-14)30(26,27)23-13-20(23)18-11-15(2)5-8-16(18)12-19(21(24)28-3)22(25)29-4/h5-12,20H,13H2,1-4H3. The Kier molecular flexibility index (Phi) is 6.09. The van der Waals surface area contributed by atoms with Crippen LogP contribution in [0.1, 0.15) is 28.3 Å². The molecule has 2 unspecified atom stereocenters. The lowest BCUT2D eigenvalue weighted by Crippen LogP contribution is -2.16. The summed E-state index contributed by atoms with van der Waals surface area (Å²) in [5.41, 5.74) is 2.90. The smallest absolute Gasteiger partial charge is 0.345 e. The summed E-state index contributed by atoms with van der Waals surface area (Å²) in [6.07, 6.45) is 1.38. The van der Waals surface area contributed by atoms with Gasteiger partial charge in [-0.2, -0.15) is 4.31 Å². The summed E-state index contributed by atoms with van der Waals surface area (Å²) in [5, 5.41) is 0. The summed E-state index contributed by atoms with van der Waals surface area (Å²) in [4.78, 5) is 24.3. The van der Waals surface area contributed by atoms with Crippen LogP contribution in [0.3, 0.4) is 0 Å². The maximum atomic E-state index is 13.0. The van der Waals surface area contributed by atoms with E-state index in [-0.39, 0.29) is 16.5 Å². The zero-order valence-electron chi connectivity index (χ0n) is 17.2. The van der Waals surface area contributed by atoms with Crippen molar-refractivity contribution in [3.8, 4) is 0 Å². The first kappa shape index (κ1) is 21.7. The van der Waals surface area contributed by atoms with Crippen LogP contribution in [0.15, 0.2) is 52.9 Å². The van der Waals surface area contributed by atoms with Gasteiger partial charge < -0.3 is 9.47 Å². The van der Waals surface area contributed by atoms with E-state index >= 15 is 0 Å². The molecular formula is C22H23NO6S. The number of hydrogen-bond acceptors (Lipinski definition) is 6. The van der Waals surface area contributed by atoms with Crippen LogP contribution < -0.4 is 0 Å². The highest BCUT2D eigenvalue weighted by Gasteiger charge is 2.46. The fourth-order valence-electron chi connectivity index (χ4n) is 3.18. The maximum absolute atomic E-state index is 13.0. The van der Waals surface area contributed by atoms with E-state index in [4.69, 9.17) is 0 Å². The van der Waals surface area contributed by atoms with E-state index < -0.39 is 22.0 Å². The summed E-state index contributed by atoms with van der Waals surface area (Å²) < 4.78 is 36.7. The van der Waals surface area contributed by atoms with Gasteiger partial charge in [-0.25, -0.2) is 18.0 Å². The topological polar surface area (TPSA) is 89.8 Å². The lowest BCUT2D eigenvalue weighted by Gasteiger charge is -2.11. The average Bonchev–Trinajstić information content (AvgIpc) is 3.53. The number of carbonyl (C=O) groups excluding carboxylic acids is 2. The third-order valence-corrected chi connectivity index (χ3v) is 6.80. The third kappa shape index (κ3) is 4.29. The van der Waals surface area contributed by atoms with Gasteiger partial charge in [0.15, 0.2) is 0 Å². The predicted octanol–water partition coefficient (Wildman–Crippen LogP) is 2.78. The number of methoxy groups -OCH3 is 2. The van der Waals surface area contributed by atoms with Gasteiger partial charge in [0, 0.05) is 6.54 Å². The van der Waals surface area contributed by atoms with Crippen molar-refractivity contribution < 1.29 is 27.5 Å². The monoisotopic (exact) mass is 429 g/mol. The van der Waals surface area contributed by atoms with Crippen LogP contribution in [-0.2, 0) is 29.1 Å². The molecule has 0 bridgehead atoms. The summed E-state index contributed by atoms with van der Waals surface area (Å²) in [6, 6.07) is 11.7. The molecule has 158 valence electrons. The summed E-state index contributed by atoms with van der Waals surface area (Å²) in [5.74, 6) is -1.65. The summed E-state index contributed by atoms with van der Waals surface area (Å²) in [6.45, 7) is 4.09. The van der Waals surface area contributed by atoms with E-state index in [0.717, 1.165) is 11.1 Å². The number of benzene rings is 2. The molecule has 1 heterocycles. The van der Waals surface area contributed by atoms with Crippen molar-refractivity contribution in [2.75, 3.05) is 20.8 Å². The second-order valence-electron chi connectivity index (χ2n) is 7.08. The highest BCUT2D eigenvalue weighted by Crippen LogP contribution is 2.42. The van der Waals surface area contributed by atoms with Crippen molar-refractivity contribution >= 4 is 28.0 Å². The van der Waals surface area contributed by atoms with Crippen molar-refractivity contribution in [1.82, 2.24) is 4.31 Å². The third-order valence-electron chi connectivity index (χ3n) is 4.91. The van der Waals surface area contributed by atoms with Gasteiger partial charge in [0.1, 0.15) is 5.57 Å². The SMILES string of the molecule is COC(=O)C(=Cc1ccc(C)cc1C1CN1S(=O)(=O)c1ccc(C)cc1)C(=O)OC. The van der Waals surface area contributed by atoms with Crippen LogP contribution in [-0.4, -0.2) is 45.4 Å². The highest BCUT2D eigenvalue weighted by molar-refractivity contribution is 7.89. The summed E-state index contributed by atoms with van der Waals surface area (Å²) in [7, 11) is -1.31. The predicted molar refractivity (Wildman–Crippen MR) is 111 cm³/mol. The molecule has 30 heavy (non-hydrogen) atoms. The molecule has 2 aromatic rings. The molecule has 0 saturated carbocycles. The van der Waals surface area contributed by atoms with E-state index in [9.17, 15) is 18.0 Å². The highest BCUT2D eigenvalue weighted by atomic mass is 32.2. The van der Waals surface area contributed by atoms with E-state index in [1.165, 1.54) is 24.6 Å². The van der Waals surface area contributed by atoms with Crippen molar-refractivity contribution in [3.63, 3.8) is 0 Å². The molecule has 1 aliphatic heterocycles. The number of hydrogen-bond donors (Lipinski definition) is 0. The normalized spacial score (nSPS) is 17.7. The van der Waals surface area contributed by atoms with Crippen molar-refractivity contribution in [3.05, 3.63) is 70.3 Å². The molecule has 0 N–H and O–H groups in total. The molecule has 2 aromatic carbocycles. The molecule has 2 atom stereocenters. The Hall–Kier alpha value is -2.97. The Bertz CT molecular complexity index is 1100. The first-order valence-electron chi connectivity index (χ1n) is 9.26. The Balaban J connectivity index is 1.99. The molecule has 1 aliphatic rings. The van der Waals surface area contributed by atoms with Crippen LogP contribution in [0, 0.1) is 13.8 Å². The lowest BCUT2D eigenvalue weighted by atomic mass is 9.99. The fourth-order valence-corrected chi connectivity index (χ4v) is 4.72. The minimum atomic E-state index is -3.65. The molecule has 0 aliphatic carbocycles. The Morgan fingerprint density at radius 2 is 1.53 bits per heavy atom. The molecule has 1 saturated heterocycles. The van der Waals surface area contributed by atoms with Crippen molar-refractivity contribution in [1.29, 1.82) is 0 Å². The fraction of sp³-hybridized carbons (Fsp3) is 0.273. The number of nitrogens with zero attached hydrogens (tertiary/aromatic N) is 1. The van der Waals surface area contributed by atoms with Crippen molar-refractivity contribution in [2.45, 2.75) is 24.8 Å². The van der Waals surface area contributed by atoms with Crippen LogP contribution in [0.2, 0.25) is 0 Å². The van der Waals surface area contributed by atoms with E-state index in [1.54, 1.807) is 30.3 Å². The molecule has 0 amide bonds. The Labute approximate surface area is 176 Å². The van der Waals surface area contributed by atoms with Gasteiger partial charge in [-0.05, 0) is 43.2 Å². The first-order valence-corrected chi connectivity index (χ1v) is 10.7. The minimum Gasteiger partial charge on any atom is -0.465 e. The molecule has 0 spiro atoms. The van der Waals surface area contributed by atoms with Gasteiger partial charge in [0.25, 0.3) is 0 Å². The van der Waals surface area contributed by atoms with Crippen LogP contribution in [0.4, 0.5) is 0 Å². The molecule has 8 heteroatoms. The van der Waals surface area contributed by atoms with Gasteiger partial charge in [-0.15, -0.1) is 0 Å². The number of ether oxygens (including phenoxy) is 2. The number of carbonyl (C=O) groups is 2. The molecular weight excluding hydrogens is 406 g/mol. The number of rotatable bonds is 6. The number of sulfonamides is 1. The van der Waals surface area contributed by atoms with Crippen molar-refractivity contribution in [2.24, 2.45) is 0 Å². The zero-order valence-corrected chi connectivity index (χ0v) is 18.0. The second-order valence-corrected chi connectivity index (χ2v) is 8.97. The largest absolute Gasteiger partial charge is 0.465 e. The van der Waals surface area contributed by atoms with Gasteiger partial charge in [0.2, 0.25) is 10.0 Å². The quantitative estimate of drug-likeness (QED) is 0.231. The van der Waals surface area contributed by atoms with Crippen LogP contribution >= 0.6 is 0 Å². The maximum Gasteiger partial charge on any atom is 0.345 e. The van der Waals surface area contributed by atoms with E-state index in [1.807, 2.05) is 26.0 Å². The Morgan fingerprint density at radius 3 is 2.10 bits per heavy atom. The molecule has 0 radical (unpaired) electrons. The molecule has 3 rings (SSSR count). The van der Waals surface area contributed by atoms with Crippen LogP contribution in [0.25, 0.3) is 6.08 Å².